The van der Waals surface area contributed by atoms with Crippen LogP contribution in [0.25, 0.3) is 10.8 Å². The molecule has 2 bridgehead atoms. The fourth-order valence-corrected chi connectivity index (χ4v) is 5.66. The van der Waals surface area contributed by atoms with E-state index in [2.05, 4.69) is 6.58 Å². The van der Waals surface area contributed by atoms with Gasteiger partial charge in [-0.15, -0.1) is 0 Å². The molecule has 0 aliphatic heterocycles. The predicted octanol–water partition coefficient (Wildman–Crippen LogP) is 5.24. The first-order valence-electron chi connectivity index (χ1n) is 11.5. The fraction of sp³-hybridized carbons (Fsp3) is 0.133. The van der Waals surface area contributed by atoms with Crippen molar-refractivity contribution in [2.45, 2.75) is 17.9 Å². The van der Waals surface area contributed by atoms with Crippen LogP contribution in [0.2, 0.25) is 0 Å². The fourth-order valence-electron chi connectivity index (χ4n) is 5.66. The lowest BCUT2D eigenvalue weighted by Gasteiger charge is -2.49. The summed E-state index contributed by atoms with van der Waals surface area (Å²) in [5.74, 6) is -1.14. The molecule has 0 amide bonds. The highest BCUT2D eigenvalue weighted by atomic mass is 16.5. The highest BCUT2D eigenvalue weighted by molar-refractivity contribution is 5.97. The van der Waals surface area contributed by atoms with Crippen molar-refractivity contribution in [3.05, 3.63) is 120 Å². The Bertz CT molecular complexity index is 1470. The van der Waals surface area contributed by atoms with Gasteiger partial charge in [-0.2, -0.15) is 0 Å². The first-order chi connectivity index (χ1) is 17.0. The summed E-state index contributed by atoms with van der Waals surface area (Å²) in [6.07, 6.45) is 1.55. The SMILES string of the molecule is C=CC(=O)Oc1ccc(OC(=O)C2CC3c4ccccc4C2(O)c2ccccc23)c2ccccc12. The van der Waals surface area contributed by atoms with E-state index in [4.69, 9.17) is 9.47 Å². The Balaban J connectivity index is 1.40. The van der Waals surface area contributed by atoms with Gasteiger partial charge in [0.15, 0.2) is 0 Å². The van der Waals surface area contributed by atoms with Crippen LogP contribution >= 0.6 is 0 Å². The molecule has 4 aromatic carbocycles. The van der Waals surface area contributed by atoms with Crippen LogP contribution in [0.3, 0.4) is 0 Å². The molecule has 0 heterocycles. The van der Waals surface area contributed by atoms with Gasteiger partial charge in [-0.1, -0.05) is 79.4 Å². The van der Waals surface area contributed by atoms with Gasteiger partial charge in [0.25, 0.3) is 0 Å². The molecule has 3 aliphatic carbocycles. The van der Waals surface area contributed by atoms with Crippen molar-refractivity contribution in [3.8, 4) is 11.5 Å². The molecule has 4 aromatic rings. The van der Waals surface area contributed by atoms with Gasteiger partial charge in [-0.25, -0.2) is 4.79 Å². The van der Waals surface area contributed by atoms with Gasteiger partial charge in [-0.3, -0.25) is 4.79 Å². The van der Waals surface area contributed by atoms with Crippen LogP contribution in [0.15, 0.2) is 97.6 Å². The zero-order valence-electron chi connectivity index (χ0n) is 18.8. The van der Waals surface area contributed by atoms with E-state index in [1.807, 2.05) is 60.7 Å². The summed E-state index contributed by atoms with van der Waals surface area (Å²) >= 11 is 0. The standard InChI is InChI=1S/C30H22O5/c1-2-28(31)34-26-15-16-27(21-12-4-3-11-20(21)26)35-29(32)25-17-22-18-9-5-7-13-23(18)30(25,33)24-14-8-6-10-19(22)24/h2-16,22,25,33H,1,17H2. The van der Waals surface area contributed by atoms with Crippen molar-refractivity contribution in [1.29, 1.82) is 0 Å². The summed E-state index contributed by atoms with van der Waals surface area (Å²) in [4.78, 5) is 25.4. The summed E-state index contributed by atoms with van der Waals surface area (Å²) in [6.45, 7) is 3.44. The third kappa shape index (κ3) is 3.12. The molecule has 0 saturated heterocycles. The predicted molar refractivity (Wildman–Crippen MR) is 131 cm³/mol. The smallest absolute Gasteiger partial charge is 0.335 e. The Labute approximate surface area is 202 Å². The number of hydrogen-bond acceptors (Lipinski definition) is 5. The lowest BCUT2D eigenvalue weighted by Crippen LogP contribution is -2.51. The van der Waals surface area contributed by atoms with Gasteiger partial charge >= 0.3 is 11.9 Å². The minimum atomic E-state index is -1.48. The molecule has 0 saturated carbocycles. The Morgan fingerprint density at radius 1 is 0.800 bits per heavy atom. The summed E-state index contributed by atoms with van der Waals surface area (Å²) in [7, 11) is 0. The molecule has 5 nitrogen and oxygen atoms in total. The van der Waals surface area contributed by atoms with E-state index in [1.54, 1.807) is 24.3 Å². The molecule has 1 unspecified atom stereocenters. The molecule has 3 aliphatic rings. The van der Waals surface area contributed by atoms with E-state index in [0.717, 1.165) is 28.3 Å². The minimum absolute atomic E-state index is 0.00594. The first-order valence-corrected chi connectivity index (χ1v) is 11.5. The summed E-state index contributed by atoms with van der Waals surface area (Å²) in [5, 5.41) is 13.4. The monoisotopic (exact) mass is 462 g/mol. The highest BCUT2D eigenvalue weighted by Gasteiger charge is 2.56. The van der Waals surface area contributed by atoms with Gasteiger partial charge in [0.1, 0.15) is 17.1 Å². The molecule has 7 rings (SSSR count). The average molecular weight is 463 g/mol. The number of rotatable bonds is 4. The summed E-state index contributed by atoms with van der Waals surface area (Å²) < 4.78 is 11.3. The zero-order valence-corrected chi connectivity index (χ0v) is 18.8. The number of esters is 2. The molecule has 0 spiro atoms. The van der Waals surface area contributed by atoms with E-state index in [-0.39, 0.29) is 5.92 Å². The van der Waals surface area contributed by atoms with Crippen molar-refractivity contribution in [2.75, 3.05) is 0 Å². The molecule has 35 heavy (non-hydrogen) atoms. The quantitative estimate of drug-likeness (QED) is 0.255. The second kappa shape index (κ2) is 7.93. The largest absolute Gasteiger partial charge is 0.426 e. The topological polar surface area (TPSA) is 72.8 Å². The molecule has 1 atom stereocenters. The summed E-state index contributed by atoms with van der Waals surface area (Å²) in [5.41, 5.74) is 2.14. The van der Waals surface area contributed by atoms with E-state index in [0.29, 0.717) is 28.7 Å². The third-order valence-electron chi connectivity index (χ3n) is 7.19. The minimum Gasteiger partial charge on any atom is -0.426 e. The molecule has 0 radical (unpaired) electrons. The van der Waals surface area contributed by atoms with Crippen LogP contribution in [0.1, 0.15) is 34.6 Å². The molecular formula is C30H22O5. The Hall–Kier alpha value is -4.22. The number of aliphatic hydroxyl groups is 1. The lowest BCUT2D eigenvalue weighted by molar-refractivity contribution is -0.149. The summed E-state index contributed by atoms with van der Waals surface area (Å²) in [6, 6.07) is 26.0. The number of benzene rings is 4. The maximum atomic E-state index is 13.7. The first kappa shape index (κ1) is 21.3. The van der Waals surface area contributed by atoms with E-state index >= 15 is 0 Å². The van der Waals surface area contributed by atoms with Crippen molar-refractivity contribution in [1.82, 2.24) is 0 Å². The van der Waals surface area contributed by atoms with Gasteiger partial charge in [0, 0.05) is 22.8 Å². The Morgan fingerprint density at radius 3 is 1.89 bits per heavy atom. The zero-order chi connectivity index (χ0) is 24.2. The third-order valence-corrected chi connectivity index (χ3v) is 7.19. The molecule has 0 fully saturated rings. The van der Waals surface area contributed by atoms with E-state index in [9.17, 15) is 14.7 Å². The van der Waals surface area contributed by atoms with E-state index < -0.39 is 23.5 Å². The van der Waals surface area contributed by atoms with Gasteiger partial charge in [-0.05, 0) is 40.8 Å². The maximum absolute atomic E-state index is 13.7. The number of hydrogen-bond donors (Lipinski definition) is 1. The maximum Gasteiger partial charge on any atom is 0.335 e. The van der Waals surface area contributed by atoms with Crippen molar-refractivity contribution >= 4 is 22.7 Å². The number of fused-ring (bicyclic) bond motifs is 2. The van der Waals surface area contributed by atoms with Gasteiger partial charge in [0.05, 0.1) is 5.92 Å². The average Bonchev–Trinajstić information content (AvgIpc) is 2.90. The van der Waals surface area contributed by atoms with Crippen LogP contribution in [0.4, 0.5) is 0 Å². The van der Waals surface area contributed by atoms with Crippen LogP contribution < -0.4 is 9.47 Å². The van der Waals surface area contributed by atoms with Gasteiger partial charge in [0.2, 0.25) is 0 Å². The van der Waals surface area contributed by atoms with Crippen LogP contribution in [0, 0.1) is 5.92 Å². The number of ether oxygens (including phenoxy) is 2. The number of carbonyl (C=O) groups is 2. The molecule has 172 valence electrons. The molecule has 5 heteroatoms. The number of carbonyl (C=O) groups excluding carboxylic acids is 2. The van der Waals surface area contributed by atoms with E-state index in [1.165, 1.54) is 0 Å². The van der Waals surface area contributed by atoms with Gasteiger partial charge < -0.3 is 14.6 Å². The highest BCUT2D eigenvalue weighted by Crippen LogP contribution is 2.58. The van der Waals surface area contributed by atoms with Crippen LogP contribution in [0.5, 0.6) is 11.5 Å². The van der Waals surface area contributed by atoms with Crippen molar-refractivity contribution in [2.24, 2.45) is 5.92 Å². The molecule has 1 N–H and O–H groups in total. The Morgan fingerprint density at radius 2 is 1.31 bits per heavy atom. The van der Waals surface area contributed by atoms with Crippen LogP contribution in [-0.2, 0) is 15.2 Å². The van der Waals surface area contributed by atoms with Crippen LogP contribution in [-0.4, -0.2) is 17.0 Å². The normalized spacial score (nSPS) is 21.6. The van der Waals surface area contributed by atoms with Crippen molar-refractivity contribution < 1.29 is 24.2 Å². The molecular weight excluding hydrogens is 440 g/mol. The van der Waals surface area contributed by atoms with Crippen molar-refractivity contribution in [3.63, 3.8) is 0 Å². The second-order valence-electron chi connectivity index (χ2n) is 8.94. The molecule has 0 aromatic heterocycles. The lowest BCUT2D eigenvalue weighted by atomic mass is 9.56. The second-order valence-corrected chi connectivity index (χ2v) is 8.94. The Kier molecular flexibility index (Phi) is 4.83.